The Hall–Kier alpha value is -1.33. The lowest BCUT2D eigenvalue weighted by Gasteiger charge is -2.25. The lowest BCUT2D eigenvalue weighted by Crippen LogP contribution is -2.38. The molecule has 1 amide bonds. The molecule has 2 rings (SSSR count). The molecule has 5 nitrogen and oxygen atoms in total. The molecule has 1 fully saturated rings. The van der Waals surface area contributed by atoms with Crippen LogP contribution in [0.25, 0.3) is 0 Å². The van der Waals surface area contributed by atoms with Gasteiger partial charge in [-0.3, -0.25) is 9.69 Å². The lowest BCUT2D eigenvalue weighted by molar-refractivity contribution is 0.0840. The van der Waals surface area contributed by atoms with E-state index in [0.29, 0.717) is 5.76 Å². The van der Waals surface area contributed by atoms with Crippen molar-refractivity contribution >= 4 is 5.91 Å². The normalized spacial score (nSPS) is 22.5. The van der Waals surface area contributed by atoms with Crippen LogP contribution in [0.1, 0.15) is 55.8 Å². The van der Waals surface area contributed by atoms with E-state index in [1.54, 1.807) is 6.07 Å². The SMILES string of the molecule is CCN(CC)Cc1ccc(C(=O)NC2CCC(O)CC2)o1. The van der Waals surface area contributed by atoms with E-state index in [4.69, 9.17) is 4.42 Å². The Kier molecular flexibility index (Phi) is 5.82. The number of hydrogen-bond donors (Lipinski definition) is 2. The van der Waals surface area contributed by atoms with Crippen molar-refractivity contribution in [2.45, 2.75) is 58.2 Å². The van der Waals surface area contributed by atoms with Crippen LogP contribution < -0.4 is 5.32 Å². The Labute approximate surface area is 126 Å². The van der Waals surface area contributed by atoms with Gasteiger partial charge in [-0.25, -0.2) is 0 Å². The third-order valence-corrected chi connectivity index (χ3v) is 4.19. The van der Waals surface area contributed by atoms with Crippen LogP contribution in [0.5, 0.6) is 0 Å². The van der Waals surface area contributed by atoms with Crippen molar-refractivity contribution in [1.82, 2.24) is 10.2 Å². The number of aliphatic hydroxyl groups excluding tert-OH is 1. The number of carbonyl (C=O) groups is 1. The Morgan fingerprint density at radius 3 is 2.57 bits per heavy atom. The predicted molar refractivity (Wildman–Crippen MR) is 81.1 cm³/mol. The quantitative estimate of drug-likeness (QED) is 0.844. The van der Waals surface area contributed by atoms with Gasteiger partial charge in [-0.05, 0) is 50.9 Å². The summed E-state index contributed by atoms with van der Waals surface area (Å²) in [6.07, 6.45) is 2.98. The molecular formula is C16H26N2O3. The van der Waals surface area contributed by atoms with E-state index >= 15 is 0 Å². The summed E-state index contributed by atoms with van der Waals surface area (Å²) in [6, 6.07) is 3.76. The van der Waals surface area contributed by atoms with Gasteiger partial charge in [-0.1, -0.05) is 13.8 Å². The molecule has 118 valence electrons. The first kappa shape index (κ1) is 16.0. The molecule has 0 aliphatic heterocycles. The van der Waals surface area contributed by atoms with Gasteiger partial charge in [0.05, 0.1) is 12.6 Å². The fourth-order valence-corrected chi connectivity index (χ4v) is 2.73. The lowest BCUT2D eigenvalue weighted by atomic mass is 9.93. The zero-order chi connectivity index (χ0) is 15.2. The van der Waals surface area contributed by atoms with Gasteiger partial charge in [0.2, 0.25) is 0 Å². The first-order valence-electron chi connectivity index (χ1n) is 7.92. The molecule has 0 spiro atoms. The van der Waals surface area contributed by atoms with Crippen LogP contribution in [0, 0.1) is 0 Å². The molecule has 1 saturated carbocycles. The second kappa shape index (κ2) is 7.61. The third kappa shape index (κ3) is 4.58. The van der Waals surface area contributed by atoms with Gasteiger partial charge in [0, 0.05) is 6.04 Å². The van der Waals surface area contributed by atoms with Crippen molar-refractivity contribution in [3.05, 3.63) is 23.7 Å². The first-order chi connectivity index (χ1) is 10.1. The van der Waals surface area contributed by atoms with E-state index in [2.05, 4.69) is 24.1 Å². The number of amides is 1. The van der Waals surface area contributed by atoms with Gasteiger partial charge in [-0.15, -0.1) is 0 Å². The van der Waals surface area contributed by atoms with Crippen LogP contribution in [0.15, 0.2) is 16.5 Å². The molecule has 1 aromatic rings. The fourth-order valence-electron chi connectivity index (χ4n) is 2.73. The van der Waals surface area contributed by atoms with Crippen molar-refractivity contribution < 1.29 is 14.3 Å². The number of aliphatic hydroxyl groups is 1. The topological polar surface area (TPSA) is 65.7 Å². The summed E-state index contributed by atoms with van der Waals surface area (Å²) in [6.45, 7) is 6.87. The molecule has 2 N–H and O–H groups in total. The van der Waals surface area contributed by atoms with Crippen molar-refractivity contribution in [3.63, 3.8) is 0 Å². The van der Waals surface area contributed by atoms with Crippen molar-refractivity contribution in [2.24, 2.45) is 0 Å². The molecule has 0 aromatic carbocycles. The second-order valence-corrected chi connectivity index (χ2v) is 5.71. The van der Waals surface area contributed by atoms with Gasteiger partial charge in [0.1, 0.15) is 5.76 Å². The van der Waals surface area contributed by atoms with Crippen LogP contribution in [0.3, 0.4) is 0 Å². The van der Waals surface area contributed by atoms with E-state index in [1.165, 1.54) is 0 Å². The van der Waals surface area contributed by atoms with Gasteiger partial charge in [0.15, 0.2) is 5.76 Å². The van der Waals surface area contributed by atoms with Crippen molar-refractivity contribution in [3.8, 4) is 0 Å². The molecular weight excluding hydrogens is 268 g/mol. The van der Waals surface area contributed by atoms with E-state index in [9.17, 15) is 9.90 Å². The average molecular weight is 294 g/mol. The van der Waals surface area contributed by atoms with Crippen LogP contribution in [0.2, 0.25) is 0 Å². The van der Waals surface area contributed by atoms with E-state index in [0.717, 1.165) is 51.1 Å². The minimum atomic E-state index is -0.206. The largest absolute Gasteiger partial charge is 0.455 e. The Balaban J connectivity index is 1.87. The maximum absolute atomic E-state index is 12.2. The molecule has 0 radical (unpaired) electrons. The number of rotatable bonds is 6. The fraction of sp³-hybridized carbons (Fsp3) is 0.688. The van der Waals surface area contributed by atoms with Crippen LogP contribution in [-0.4, -0.2) is 41.1 Å². The number of nitrogens with one attached hydrogen (secondary N) is 1. The van der Waals surface area contributed by atoms with Gasteiger partial charge >= 0.3 is 0 Å². The Bertz CT molecular complexity index is 446. The standard InChI is InChI=1S/C16H26N2O3/c1-3-18(4-2)11-14-9-10-15(21-14)16(20)17-12-5-7-13(19)8-6-12/h9-10,12-13,19H,3-8,11H2,1-2H3,(H,17,20). The van der Waals surface area contributed by atoms with Crippen molar-refractivity contribution in [2.75, 3.05) is 13.1 Å². The Morgan fingerprint density at radius 2 is 1.95 bits per heavy atom. The molecule has 21 heavy (non-hydrogen) atoms. The summed E-state index contributed by atoms with van der Waals surface area (Å²) in [4.78, 5) is 14.4. The smallest absolute Gasteiger partial charge is 0.287 e. The van der Waals surface area contributed by atoms with Gasteiger partial charge in [-0.2, -0.15) is 0 Å². The summed E-state index contributed by atoms with van der Waals surface area (Å²) in [7, 11) is 0. The third-order valence-electron chi connectivity index (χ3n) is 4.19. The zero-order valence-corrected chi connectivity index (χ0v) is 13.0. The maximum atomic E-state index is 12.2. The number of nitrogens with zero attached hydrogens (tertiary/aromatic N) is 1. The summed E-state index contributed by atoms with van der Waals surface area (Å²) in [5.74, 6) is 1.05. The predicted octanol–water partition coefficient (Wildman–Crippen LogP) is 2.15. The Morgan fingerprint density at radius 1 is 1.29 bits per heavy atom. The molecule has 5 heteroatoms. The molecule has 1 heterocycles. The van der Waals surface area contributed by atoms with Crippen molar-refractivity contribution in [1.29, 1.82) is 0 Å². The molecule has 0 unspecified atom stereocenters. The van der Waals surface area contributed by atoms with E-state index < -0.39 is 0 Å². The molecule has 1 aliphatic rings. The zero-order valence-electron chi connectivity index (χ0n) is 13.0. The monoisotopic (exact) mass is 294 g/mol. The minimum absolute atomic E-state index is 0.150. The highest BCUT2D eigenvalue weighted by Crippen LogP contribution is 2.19. The summed E-state index contributed by atoms with van der Waals surface area (Å²) in [5.41, 5.74) is 0. The molecule has 1 aliphatic carbocycles. The van der Waals surface area contributed by atoms with Gasteiger partial charge in [0.25, 0.3) is 5.91 Å². The van der Waals surface area contributed by atoms with E-state index in [-0.39, 0.29) is 18.1 Å². The average Bonchev–Trinajstić information content (AvgIpc) is 2.96. The highest BCUT2D eigenvalue weighted by Gasteiger charge is 2.22. The number of carbonyl (C=O) groups excluding carboxylic acids is 1. The molecule has 1 aromatic heterocycles. The first-order valence-corrected chi connectivity index (χ1v) is 7.92. The second-order valence-electron chi connectivity index (χ2n) is 5.71. The van der Waals surface area contributed by atoms with Crippen LogP contribution >= 0.6 is 0 Å². The van der Waals surface area contributed by atoms with E-state index in [1.807, 2.05) is 6.07 Å². The summed E-state index contributed by atoms with van der Waals surface area (Å²) in [5, 5.41) is 12.5. The van der Waals surface area contributed by atoms with Crippen LogP contribution in [0.4, 0.5) is 0 Å². The minimum Gasteiger partial charge on any atom is -0.455 e. The number of furan rings is 1. The molecule has 0 saturated heterocycles. The highest BCUT2D eigenvalue weighted by atomic mass is 16.4. The maximum Gasteiger partial charge on any atom is 0.287 e. The van der Waals surface area contributed by atoms with Crippen LogP contribution in [-0.2, 0) is 6.54 Å². The number of hydrogen-bond acceptors (Lipinski definition) is 4. The van der Waals surface area contributed by atoms with Gasteiger partial charge < -0.3 is 14.8 Å². The summed E-state index contributed by atoms with van der Waals surface area (Å²) < 4.78 is 5.64. The molecule has 0 bridgehead atoms. The summed E-state index contributed by atoms with van der Waals surface area (Å²) >= 11 is 0. The molecule has 0 atom stereocenters. The highest BCUT2D eigenvalue weighted by molar-refractivity contribution is 5.91.